The van der Waals surface area contributed by atoms with Gasteiger partial charge in [-0.2, -0.15) is 0 Å². The zero-order valence-electron chi connectivity index (χ0n) is 11.0. The molecule has 0 heterocycles. The smallest absolute Gasteiger partial charge is 0.326 e. The Hall–Kier alpha value is -1.88. The van der Waals surface area contributed by atoms with Gasteiger partial charge in [-0.15, -0.1) is 0 Å². The first-order valence-electron chi connectivity index (χ1n) is 6.31. The maximum absolute atomic E-state index is 11.8. The molecule has 0 fully saturated rings. The van der Waals surface area contributed by atoms with E-state index in [1.807, 2.05) is 30.3 Å². The molecule has 5 heteroatoms. The standard InChI is InChI=1S/C14H20N2O3/c1-10(7-8-15)13(17)16-12(14(18)19)9-11-5-3-2-4-6-11/h2-6,10,12H,7-9,15H2,1H3,(H,16,17)(H,18,19)/t10?,12-/m0/s1. The third kappa shape index (κ3) is 5.09. The number of hydrogen-bond acceptors (Lipinski definition) is 3. The van der Waals surface area contributed by atoms with Gasteiger partial charge < -0.3 is 16.2 Å². The summed E-state index contributed by atoms with van der Waals surface area (Å²) in [5, 5.41) is 11.7. The molecular weight excluding hydrogens is 244 g/mol. The summed E-state index contributed by atoms with van der Waals surface area (Å²) in [5.41, 5.74) is 6.26. The molecule has 19 heavy (non-hydrogen) atoms. The molecule has 1 rings (SSSR count). The molecule has 104 valence electrons. The Balaban J connectivity index is 2.64. The lowest BCUT2D eigenvalue weighted by Crippen LogP contribution is -2.44. The minimum Gasteiger partial charge on any atom is -0.480 e. The van der Waals surface area contributed by atoms with Crippen molar-refractivity contribution < 1.29 is 14.7 Å². The molecule has 0 aliphatic rings. The molecule has 0 aromatic heterocycles. The normalized spacial score (nSPS) is 13.6. The Morgan fingerprint density at radius 1 is 1.32 bits per heavy atom. The number of carboxylic acids is 1. The van der Waals surface area contributed by atoms with Crippen molar-refractivity contribution in [2.45, 2.75) is 25.8 Å². The van der Waals surface area contributed by atoms with Crippen LogP contribution in [0.2, 0.25) is 0 Å². The van der Waals surface area contributed by atoms with E-state index in [9.17, 15) is 9.59 Å². The molecule has 0 aliphatic carbocycles. The topological polar surface area (TPSA) is 92.4 Å². The SMILES string of the molecule is CC(CCN)C(=O)N[C@@H](Cc1ccccc1)C(=O)O. The minimum absolute atomic E-state index is 0.270. The van der Waals surface area contributed by atoms with E-state index in [1.54, 1.807) is 6.92 Å². The van der Waals surface area contributed by atoms with Crippen LogP contribution in [0.4, 0.5) is 0 Å². The molecule has 0 spiro atoms. The largest absolute Gasteiger partial charge is 0.480 e. The van der Waals surface area contributed by atoms with E-state index in [1.165, 1.54) is 0 Å². The predicted molar refractivity (Wildman–Crippen MR) is 72.5 cm³/mol. The van der Waals surface area contributed by atoms with Gasteiger partial charge in [0.25, 0.3) is 0 Å². The number of nitrogens with two attached hydrogens (primary N) is 1. The second-order valence-electron chi connectivity index (χ2n) is 4.57. The van der Waals surface area contributed by atoms with E-state index >= 15 is 0 Å². The second kappa shape index (κ2) is 7.53. The molecular formula is C14H20N2O3. The Bertz CT molecular complexity index is 420. The maximum atomic E-state index is 11.8. The van der Waals surface area contributed by atoms with Crippen LogP contribution in [0.25, 0.3) is 0 Å². The van der Waals surface area contributed by atoms with Crippen molar-refractivity contribution in [1.29, 1.82) is 0 Å². The highest BCUT2D eigenvalue weighted by Gasteiger charge is 2.22. The number of benzene rings is 1. The highest BCUT2D eigenvalue weighted by Crippen LogP contribution is 2.06. The fourth-order valence-electron chi connectivity index (χ4n) is 1.74. The van der Waals surface area contributed by atoms with Gasteiger partial charge in [0.1, 0.15) is 6.04 Å². The molecule has 0 bridgehead atoms. The highest BCUT2D eigenvalue weighted by atomic mass is 16.4. The van der Waals surface area contributed by atoms with Gasteiger partial charge in [0.15, 0.2) is 0 Å². The van der Waals surface area contributed by atoms with Crippen molar-refractivity contribution >= 4 is 11.9 Å². The summed E-state index contributed by atoms with van der Waals surface area (Å²) < 4.78 is 0. The van der Waals surface area contributed by atoms with Crippen LogP contribution in [-0.4, -0.2) is 29.6 Å². The van der Waals surface area contributed by atoms with Crippen LogP contribution in [0.3, 0.4) is 0 Å². The van der Waals surface area contributed by atoms with Gasteiger partial charge in [-0.05, 0) is 18.5 Å². The third-order valence-corrected chi connectivity index (χ3v) is 2.94. The zero-order chi connectivity index (χ0) is 14.3. The minimum atomic E-state index is -1.03. The van der Waals surface area contributed by atoms with Gasteiger partial charge in [-0.1, -0.05) is 37.3 Å². The lowest BCUT2D eigenvalue weighted by Gasteiger charge is -2.17. The van der Waals surface area contributed by atoms with Crippen LogP contribution >= 0.6 is 0 Å². The Morgan fingerprint density at radius 3 is 2.47 bits per heavy atom. The molecule has 1 amide bonds. The molecule has 4 N–H and O–H groups in total. The molecule has 5 nitrogen and oxygen atoms in total. The number of hydrogen-bond donors (Lipinski definition) is 3. The predicted octanol–water partition coefficient (Wildman–Crippen LogP) is 0.783. The summed E-state index contributed by atoms with van der Waals surface area (Å²) in [5.74, 6) is -1.58. The summed E-state index contributed by atoms with van der Waals surface area (Å²) in [6.45, 7) is 2.15. The molecule has 0 saturated heterocycles. The monoisotopic (exact) mass is 264 g/mol. The molecule has 1 aromatic carbocycles. The van der Waals surface area contributed by atoms with E-state index in [2.05, 4.69) is 5.32 Å². The zero-order valence-corrected chi connectivity index (χ0v) is 11.0. The van der Waals surface area contributed by atoms with Gasteiger partial charge in [0.05, 0.1) is 0 Å². The highest BCUT2D eigenvalue weighted by molar-refractivity contribution is 5.84. The van der Waals surface area contributed by atoms with Crippen LogP contribution in [0.5, 0.6) is 0 Å². The van der Waals surface area contributed by atoms with Crippen molar-refractivity contribution in [3.8, 4) is 0 Å². The summed E-state index contributed by atoms with van der Waals surface area (Å²) in [6, 6.07) is 8.31. The summed E-state index contributed by atoms with van der Waals surface area (Å²) in [4.78, 5) is 23.0. The Kier molecular flexibility index (Phi) is 6.02. The number of rotatable bonds is 7. The molecule has 0 saturated carbocycles. The van der Waals surface area contributed by atoms with Gasteiger partial charge in [0, 0.05) is 12.3 Å². The lowest BCUT2D eigenvalue weighted by atomic mass is 10.0. The van der Waals surface area contributed by atoms with E-state index in [4.69, 9.17) is 10.8 Å². The number of amides is 1. The average Bonchev–Trinajstić information content (AvgIpc) is 2.39. The number of nitrogens with one attached hydrogen (secondary N) is 1. The first-order valence-corrected chi connectivity index (χ1v) is 6.31. The van der Waals surface area contributed by atoms with Gasteiger partial charge >= 0.3 is 5.97 Å². The van der Waals surface area contributed by atoms with Crippen LogP contribution in [0.15, 0.2) is 30.3 Å². The van der Waals surface area contributed by atoms with Crippen LogP contribution in [-0.2, 0) is 16.0 Å². The number of aliphatic carboxylic acids is 1. The number of carbonyl (C=O) groups is 2. The Labute approximate surface area is 112 Å². The lowest BCUT2D eigenvalue weighted by molar-refractivity contribution is -0.142. The Morgan fingerprint density at radius 2 is 1.95 bits per heavy atom. The first-order chi connectivity index (χ1) is 9.04. The quantitative estimate of drug-likeness (QED) is 0.678. The first kappa shape index (κ1) is 15.2. The summed E-state index contributed by atoms with van der Waals surface area (Å²) >= 11 is 0. The van der Waals surface area contributed by atoms with Crippen molar-refractivity contribution in [3.63, 3.8) is 0 Å². The van der Waals surface area contributed by atoms with E-state index in [0.29, 0.717) is 13.0 Å². The van der Waals surface area contributed by atoms with Crippen molar-refractivity contribution in [2.24, 2.45) is 11.7 Å². The summed E-state index contributed by atoms with van der Waals surface area (Å²) in [6.07, 6.45) is 0.820. The van der Waals surface area contributed by atoms with Gasteiger partial charge in [0.2, 0.25) is 5.91 Å². The summed E-state index contributed by atoms with van der Waals surface area (Å²) in [7, 11) is 0. The van der Waals surface area contributed by atoms with Gasteiger partial charge in [-0.3, -0.25) is 4.79 Å². The van der Waals surface area contributed by atoms with Crippen molar-refractivity contribution in [3.05, 3.63) is 35.9 Å². The van der Waals surface area contributed by atoms with Crippen LogP contribution in [0, 0.1) is 5.92 Å². The molecule has 0 aliphatic heterocycles. The number of carbonyl (C=O) groups excluding carboxylic acids is 1. The van der Waals surface area contributed by atoms with E-state index in [-0.39, 0.29) is 18.2 Å². The second-order valence-corrected chi connectivity index (χ2v) is 4.57. The van der Waals surface area contributed by atoms with E-state index < -0.39 is 12.0 Å². The van der Waals surface area contributed by atoms with Crippen LogP contribution < -0.4 is 11.1 Å². The average molecular weight is 264 g/mol. The maximum Gasteiger partial charge on any atom is 0.326 e. The number of carboxylic acid groups (broad SMARTS) is 1. The molecule has 1 aromatic rings. The van der Waals surface area contributed by atoms with Crippen molar-refractivity contribution in [2.75, 3.05) is 6.54 Å². The van der Waals surface area contributed by atoms with Gasteiger partial charge in [-0.25, -0.2) is 4.79 Å². The van der Waals surface area contributed by atoms with E-state index in [0.717, 1.165) is 5.56 Å². The van der Waals surface area contributed by atoms with Crippen LogP contribution in [0.1, 0.15) is 18.9 Å². The molecule has 1 unspecified atom stereocenters. The fourth-order valence-corrected chi connectivity index (χ4v) is 1.74. The fraction of sp³-hybridized carbons (Fsp3) is 0.429. The third-order valence-electron chi connectivity index (χ3n) is 2.94. The molecule has 2 atom stereocenters. The molecule has 0 radical (unpaired) electrons. The van der Waals surface area contributed by atoms with Crippen molar-refractivity contribution in [1.82, 2.24) is 5.32 Å².